The van der Waals surface area contributed by atoms with Crippen LogP contribution >= 0.6 is 0 Å². The van der Waals surface area contributed by atoms with Crippen molar-refractivity contribution < 1.29 is 22.3 Å². The van der Waals surface area contributed by atoms with Crippen molar-refractivity contribution in [3.63, 3.8) is 0 Å². The molecular formula is C16H22F4N2O. The third-order valence-corrected chi connectivity index (χ3v) is 4.16. The first kappa shape index (κ1) is 18.2. The van der Waals surface area contributed by atoms with Crippen LogP contribution in [0.3, 0.4) is 0 Å². The zero-order chi connectivity index (χ0) is 16.9. The van der Waals surface area contributed by atoms with Crippen molar-refractivity contribution in [3.05, 3.63) is 35.1 Å². The summed E-state index contributed by atoms with van der Waals surface area (Å²) < 4.78 is 57.8. The lowest BCUT2D eigenvalue weighted by molar-refractivity contribution is -0.138. The first-order valence-corrected chi connectivity index (χ1v) is 7.71. The van der Waals surface area contributed by atoms with Gasteiger partial charge < -0.3 is 10.1 Å². The van der Waals surface area contributed by atoms with E-state index in [9.17, 15) is 17.6 Å². The Balaban J connectivity index is 2.21. The molecule has 0 radical (unpaired) electrons. The molecule has 1 fully saturated rings. The van der Waals surface area contributed by atoms with Crippen molar-refractivity contribution in [3.8, 4) is 0 Å². The van der Waals surface area contributed by atoms with Crippen LogP contribution in [0.25, 0.3) is 0 Å². The van der Waals surface area contributed by atoms with Gasteiger partial charge in [-0.2, -0.15) is 13.2 Å². The number of rotatable bonds is 6. The van der Waals surface area contributed by atoms with Crippen LogP contribution in [-0.2, 0) is 17.5 Å². The first-order chi connectivity index (χ1) is 10.9. The summed E-state index contributed by atoms with van der Waals surface area (Å²) in [5.41, 5.74) is -0.789. The van der Waals surface area contributed by atoms with E-state index >= 15 is 0 Å². The van der Waals surface area contributed by atoms with Crippen molar-refractivity contribution in [2.45, 2.75) is 31.6 Å². The largest absolute Gasteiger partial charge is 0.416 e. The Hall–Kier alpha value is -1.18. The summed E-state index contributed by atoms with van der Waals surface area (Å²) in [5.74, 6) is -0.869. The molecule has 1 saturated heterocycles. The van der Waals surface area contributed by atoms with E-state index in [0.29, 0.717) is 19.2 Å². The van der Waals surface area contributed by atoms with Crippen LogP contribution in [0.5, 0.6) is 0 Å². The summed E-state index contributed by atoms with van der Waals surface area (Å²) in [5, 5.41) is 3.25. The van der Waals surface area contributed by atoms with Gasteiger partial charge in [-0.1, -0.05) is 6.07 Å². The molecule has 0 aliphatic carbocycles. The lowest BCUT2D eigenvalue weighted by Gasteiger charge is -2.35. The molecule has 0 amide bonds. The molecule has 1 aromatic carbocycles. The summed E-state index contributed by atoms with van der Waals surface area (Å²) in [6.45, 7) is 2.85. The van der Waals surface area contributed by atoms with Gasteiger partial charge in [0.2, 0.25) is 0 Å². The van der Waals surface area contributed by atoms with Crippen molar-refractivity contribution in [2.24, 2.45) is 0 Å². The Bertz CT molecular complexity index is 501. The number of alkyl halides is 3. The predicted molar refractivity (Wildman–Crippen MR) is 79.6 cm³/mol. The van der Waals surface area contributed by atoms with E-state index in [1.807, 2.05) is 4.90 Å². The highest BCUT2D eigenvalue weighted by atomic mass is 19.4. The molecule has 1 aromatic rings. The molecule has 0 spiro atoms. The molecule has 23 heavy (non-hydrogen) atoms. The Kier molecular flexibility index (Phi) is 6.38. The SMILES string of the molecule is COCCN(Cc1ccc(F)cc1C(F)(F)F)C1CCNCC1. The van der Waals surface area contributed by atoms with Gasteiger partial charge in [0.05, 0.1) is 12.2 Å². The molecule has 2 rings (SSSR count). The number of nitrogens with one attached hydrogen (secondary N) is 1. The molecule has 1 aliphatic rings. The number of piperidine rings is 1. The van der Waals surface area contributed by atoms with Crippen molar-refractivity contribution in [1.82, 2.24) is 10.2 Å². The molecule has 0 unspecified atom stereocenters. The minimum Gasteiger partial charge on any atom is -0.383 e. The molecule has 1 heterocycles. The highest BCUT2D eigenvalue weighted by molar-refractivity contribution is 5.30. The summed E-state index contributed by atoms with van der Waals surface area (Å²) in [4.78, 5) is 2.01. The molecule has 1 aliphatic heterocycles. The van der Waals surface area contributed by atoms with Crippen LogP contribution in [0, 0.1) is 5.82 Å². The van der Waals surface area contributed by atoms with Gasteiger partial charge in [-0.25, -0.2) is 4.39 Å². The van der Waals surface area contributed by atoms with Gasteiger partial charge >= 0.3 is 6.18 Å². The fourth-order valence-corrected chi connectivity index (χ4v) is 2.94. The van der Waals surface area contributed by atoms with E-state index < -0.39 is 17.6 Å². The average Bonchev–Trinajstić information content (AvgIpc) is 2.52. The van der Waals surface area contributed by atoms with E-state index in [-0.39, 0.29) is 18.2 Å². The third kappa shape index (κ3) is 5.16. The molecule has 0 bridgehead atoms. The Labute approximate surface area is 133 Å². The maximum absolute atomic E-state index is 13.2. The van der Waals surface area contributed by atoms with Gasteiger partial charge in [0.15, 0.2) is 0 Å². The topological polar surface area (TPSA) is 24.5 Å². The van der Waals surface area contributed by atoms with Gasteiger partial charge in [-0.3, -0.25) is 4.90 Å². The zero-order valence-electron chi connectivity index (χ0n) is 13.1. The third-order valence-electron chi connectivity index (χ3n) is 4.16. The van der Waals surface area contributed by atoms with Crippen molar-refractivity contribution in [2.75, 3.05) is 33.4 Å². The molecule has 0 atom stereocenters. The highest BCUT2D eigenvalue weighted by Gasteiger charge is 2.34. The number of ether oxygens (including phenoxy) is 1. The molecule has 3 nitrogen and oxygen atoms in total. The van der Waals surface area contributed by atoms with Crippen LogP contribution in [0.4, 0.5) is 17.6 Å². The van der Waals surface area contributed by atoms with E-state index in [0.717, 1.165) is 32.0 Å². The molecule has 0 saturated carbocycles. The lowest BCUT2D eigenvalue weighted by atomic mass is 10.0. The summed E-state index contributed by atoms with van der Waals surface area (Å²) >= 11 is 0. The van der Waals surface area contributed by atoms with Crippen LogP contribution in [-0.4, -0.2) is 44.3 Å². The fourth-order valence-electron chi connectivity index (χ4n) is 2.94. The molecule has 1 N–H and O–H groups in total. The number of nitrogens with zero attached hydrogens (tertiary/aromatic N) is 1. The number of halogens is 4. The second-order valence-electron chi connectivity index (χ2n) is 5.74. The van der Waals surface area contributed by atoms with E-state index in [2.05, 4.69) is 5.32 Å². The highest BCUT2D eigenvalue weighted by Crippen LogP contribution is 2.33. The smallest absolute Gasteiger partial charge is 0.383 e. The molecule has 7 heteroatoms. The number of methoxy groups -OCH3 is 1. The minimum atomic E-state index is -4.56. The number of benzene rings is 1. The van der Waals surface area contributed by atoms with Crippen LogP contribution < -0.4 is 5.32 Å². The molecule has 0 aromatic heterocycles. The average molecular weight is 334 g/mol. The molecular weight excluding hydrogens is 312 g/mol. The van der Waals surface area contributed by atoms with Gasteiger partial charge in [-0.15, -0.1) is 0 Å². The first-order valence-electron chi connectivity index (χ1n) is 7.71. The second kappa shape index (κ2) is 8.08. The summed E-state index contributed by atoms with van der Waals surface area (Å²) in [6.07, 6.45) is -2.79. The Morgan fingerprint density at radius 1 is 1.26 bits per heavy atom. The zero-order valence-corrected chi connectivity index (χ0v) is 13.1. The van der Waals surface area contributed by atoms with Crippen LogP contribution in [0.2, 0.25) is 0 Å². The van der Waals surface area contributed by atoms with Gasteiger partial charge in [0.25, 0.3) is 0 Å². The predicted octanol–water partition coefficient (Wildman–Crippen LogP) is 3.04. The monoisotopic (exact) mass is 334 g/mol. The van der Waals surface area contributed by atoms with Crippen LogP contribution in [0.1, 0.15) is 24.0 Å². The number of hydrogen-bond donors (Lipinski definition) is 1. The maximum atomic E-state index is 13.2. The lowest BCUT2D eigenvalue weighted by Crippen LogP contribution is -2.44. The van der Waals surface area contributed by atoms with E-state index in [4.69, 9.17) is 4.74 Å². The van der Waals surface area contributed by atoms with Crippen molar-refractivity contribution >= 4 is 0 Å². The normalized spacial score (nSPS) is 17.0. The van der Waals surface area contributed by atoms with Gasteiger partial charge in [0, 0.05) is 26.2 Å². The molecule has 130 valence electrons. The Morgan fingerprint density at radius 2 is 1.96 bits per heavy atom. The minimum absolute atomic E-state index is 0.105. The Morgan fingerprint density at radius 3 is 2.57 bits per heavy atom. The maximum Gasteiger partial charge on any atom is 0.416 e. The summed E-state index contributed by atoms with van der Waals surface area (Å²) in [6, 6.07) is 3.10. The van der Waals surface area contributed by atoms with Crippen LogP contribution in [0.15, 0.2) is 18.2 Å². The van der Waals surface area contributed by atoms with Gasteiger partial charge in [-0.05, 0) is 43.6 Å². The van der Waals surface area contributed by atoms with Gasteiger partial charge in [0.1, 0.15) is 5.82 Å². The second-order valence-corrected chi connectivity index (χ2v) is 5.74. The fraction of sp³-hybridized carbons (Fsp3) is 0.625. The quantitative estimate of drug-likeness (QED) is 0.810. The van der Waals surface area contributed by atoms with Crippen molar-refractivity contribution in [1.29, 1.82) is 0 Å². The summed E-state index contributed by atoms with van der Waals surface area (Å²) in [7, 11) is 1.57. The van der Waals surface area contributed by atoms with E-state index in [1.54, 1.807) is 7.11 Å². The number of hydrogen-bond acceptors (Lipinski definition) is 3. The standard InChI is InChI=1S/C16H22F4N2O/c1-23-9-8-22(14-4-6-21-7-5-14)11-12-2-3-13(17)10-15(12)16(18,19)20/h2-3,10,14,21H,4-9,11H2,1H3. The van der Waals surface area contributed by atoms with E-state index in [1.165, 1.54) is 6.07 Å².